The number of pyridine rings is 1. The van der Waals surface area contributed by atoms with E-state index in [0.29, 0.717) is 5.39 Å². The van der Waals surface area contributed by atoms with Crippen molar-refractivity contribution >= 4 is 37.5 Å². The van der Waals surface area contributed by atoms with Crippen molar-refractivity contribution < 1.29 is 0 Å². The average molecular weight is 286 g/mol. The predicted molar refractivity (Wildman–Crippen MR) is 73.2 cm³/mol. The highest BCUT2D eigenvalue weighted by Gasteiger charge is 2.04. The van der Waals surface area contributed by atoms with Gasteiger partial charge in [0.15, 0.2) is 5.43 Å². The van der Waals surface area contributed by atoms with E-state index in [4.69, 9.17) is 0 Å². The summed E-state index contributed by atoms with van der Waals surface area (Å²) in [4.78, 5) is 16.4. The van der Waals surface area contributed by atoms with Crippen LogP contribution in [0.2, 0.25) is 0 Å². The van der Waals surface area contributed by atoms with Crippen molar-refractivity contribution in [3.63, 3.8) is 0 Å². The average Bonchev–Trinajstić information content (AvgIpc) is 2.48. The van der Waals surface area contributed by atoms with Crippen molar-refractivity contribution in [2.45, 2.75) is 0 Å². The van der Waals surface area contributed by atoms with Gasteiger partial charge in [-0.15, -0.1) is 0 Å². The topological polar surface area (TPSA) is 30.0 Å². The zero-order valence-corrected chi connectivity index (χ0v) is 10.4. The van der Waals surface area contributed by atoms with Crippen LogP contribution >= 0.6 is 15.9 Å². The Balaban J connectivity index is 2.73. The van der Waals surface area contributed by atoms with Gasteiger partial charge < -0.3 is 0 Å². The van der Waals surface area contributed by atoms with Gasteiger partial charge in [0.05, 0.1) is 0 Å². The fourth-order valence-electron chi connectivity index (χ4n) is 1.97. The van der Waals surface area contributed by atoms with Crippen LogP contribution in [0.15, 0.2) is 58.1 Å². The van der Waals surface area contributed by atoms with Gasteiger partial charge in [-0.1, -0.05) is 40.2 Å². The highest BCUT2D eigenvalue weighted by Crippen LogP contribution is 2.23. The van der Waals surface area contributed by atoms with Crippen molar-refractivity contribution in [3.05, 3.63) is 63.5 Å². The van der Waals surface area contributed by atoms with E-state index in [2.05, 4.69) is 20.9 Å². The quantitative estimate of drug-likeness (QED) is 0.633. The monoisotopic (exact) mass is 285 g/mol. The second-order valence-electron chi connectivity index (χ2n) is 3.83. The smallest absolute Gasteiger partial charge is 0.195 e. The van der Waals surface area contributed by atoms with Crippen LogP contribution in [0.3, 0.4) is 0 Å². The first-order valence-electron chi connectivity index (χ1n) is 5.22. The van der Waals surface area contributed by atoms with Gasteiger partial charge in [-0.3, -0.25) is 9.78 Å². The lowest BCUT2D eigenvalue weighted by molar-refractivity contribution is 1.36. The minimum Gasteiger partial charge on any atom is -0.289 e. The number of rotatable bonds is 0. The molecule has 1 heterocycles. The molecule has 0 spiro atoms. The molecular formula is C14H8BrNO. The van der Waals surface area contributed by atoms with Crippen LogP contribution in [0.25, 0.3) is 21.5 Å². The van der Waals surface area contributed by atoms with Gasteiger partial charge in [0.1, 0.15) is 0 Å². The Morgan fingerprint density at radius 2 is 1.82 bits per heavy atom. The van der Waals surface area contributed by atoms with Gasteiger partial charge in [-0.25, -0.2) is 0 Å². The Labute approximate surface area is 106 Å². The summed E-state index contributed by atoms with van der Waals surface area (Å²) in [6.07, 6.45) is 3.31. The van der Waals surface area contributed by atoms with Gasteiger partial charge in [0.25, 0.3) is 0 Å². The number of nitrogens with zero attached hydrogens (tertiary/aromatic N) is 1. The zero-order chi connectivity index (χ0) is 11.8. The maximum atomic E-state index is 12.4. The van der Waals surface area contributed by atoms with Crippen molar-refractivity contribution in [3.8, 4) is 0 Å². The molecule has 0 bridgehead atoms. The predicted octanol–water partition coefficient (Wildman–Crippen LogP) is 3.51. The molecule has 0 N–H and O–H groups in total. The molecule has 0 aliphatic rings. The summed E-state index contributed by atoms with van der Waals surface area (Å²) >= 11 is 3.52. The summed E-state index contributed by atoms with van der Waals surface area (Å²) < 4.78 is 0.910. The molecule has 0 radical (unpaired) electrons. The molecule has 2 aromatic carbocycles. The van der Waals surface area contributed by atoms with E-state index in [9.17, 15) is 4.79 Å². The van der Waals surface area contributed by atoms with Gasteiger partial charge in [-0.2, -0.15) is 0 Å². The Kier molecular flexibility index (Phi) is 2.41. The van der Waals surface area contributed by atoms with Crippen LogP contribution in [-0.2, 0) is 0 Å². The molecule has 0 amide bonds. The summed E-state index contributed by atoms with van der Waals surface area (Å²) in [5.41, 5.74) is 0.0226. The Bertz CT molecular complexity index is 783. The van der Waals surface area contributed by atoms with E-state index in [1.807, 2.05) is 36.4 Å². The number of benzene rings is 1. The van der Waals surface area contributed by atoms with Crippen molar-refractivity contribution in [2.24, 2.45) is 0 Å². The molecule has 0 aliphatic carbocycles. The van der Waals surface area contributed by atoms with Crippen molar-refractivity contribution in [2.75, 3.05) is 0 Å². The van der Waals surface area contributed by atoms with Crippen molar-refractivity contribution in [1.82, 2.24) is 4.98 Å². The Morgan fingerprint density at radius 1 is 1.00 bits per heavy atom. The summed E-state index contributed by atoms with van der Waals surface area (Å²) in [7, 11) is 0. The van der Waals surface area contributed by atoms with Gasteiger partial charge >= 0.3 is 0 Å². The molecule has 3 aromatic rings. The molecule has 0 saturated carbocycles. The molecule has 2 nitrogen and oxygen atoms in total. The lowest BCUT2D eigenvalue weighted by Gasteiger charge is -1.91. The first-order valence-corrected chi connectivity index (χ1v) is 6.02. The van der Waals surface area contributed by atoms with E-state index in [0.717, 1.165) is 20.6 Å². The Morgan fingerprint density at radius 3 is 2.71 bits per heavy atom. The van der Waals surface area contributed by atoms with E-state index in [1.54, 1.807) is 12.4 Å². The molecule has 1 aromatic heterocycles. The fourth-order valence-corrected chi connectivity index (χ4v) is 2.57. The van der Waals surface area contributed by atoms with Crippen LogP contribution in [0.5, 0.6) is 0 Å². The maximum Gasteiger partial charge on any atom is 0.195 e. The second kappa shape index (κ2) is 3.93. The summed E-state index contributed by atoms with van der Waals surface area (Å²) in [5.74, 6) is 0. The summed E-state index contributed by atoms with van der Waals surface area (Å²) in [5, 5.41) is 3.18. The fraction of sp³-hybridized carbons (Fsp3) is 0. The molecule has 0 fully saturated rings. The lowest BCUT2D eigenvalue weighted by Crippen LogP contribution is -1.98. The largest absolute Gasteiger partial charge is 0.289 e. The number of halogens is 1. The van der Waals surface area contributed by atoms with Gasteiger partial charge in [0.2, 0.25) is 0 Å². The molecule has 0 unspecified atom stereocenters. The third kappa shape index (κ3) is 1.63. The molecule has 82 valence electrons. The number of hydrogen-bond donors (Lipinski definition) is 0. The normalized spacial score (nSPS) is 10.9. The molecule has 0 atom stereocenters. The summed E-state index contributed by atoms with van der Waals surface area (Å²) in [6, 6.07) is 11.4. The summed E-state index contributed by atoms with van der Waals surface area (Å²) in [6.45, 7) is 0. The first-order chi connectivity index (χ1) is 8.27. The minimum atomic E-state index is 0.0226. The van der Waals surface area contributed by atoms with Crippen LogP contribution in [0.4, 0.5) is 0 Å². The minimum absolute atomic E-state index is 0.0226. The number of aromatic nitrogens is 1. The van der Waals surface area contributed by atoms with Crippen LogP contribution in [-0.4, -0.2) is 4.98 Å². The zero-order valence-electron chi connectivity index (χ0n) is 8.85. The molecule has 3 rings (SSSR count). The molecular weight excluding hydrogens is 278 g/mol. The standard InChI is InChI=1S/C14H8BrNO/c15-13-7-9-3-1-2-4-10(9)14(17)12-8-16-6-5-11(12)13/h1-8H. The molecule has 0 saturated heterocycles. The van der Waals surface area contributed by atoms with Crippen molar-refractivity contribution in [1.29, 1.82) is 0 Å². The lowest BCUT2D eigenvalue weighted by atomic mass is 10.2. The molecule has 0 aliphatic heterocycles. The maximum absolute atomic E-state index is 12.4. The Hall–Kier alpha value is -1.74. The van der Waals surface area contributed by atoms with E-state index >= 15 is 0 Å². The van der Waals surface area contributed by atoms with Gasteiger partial charge in [0, 0.05) is 33.0 Å². The third-order valence-corrected chi connectivity index (χ3v) is 3.47. The number of fused-ring (bicyclic) bond motifs is 2. The van der Waals surface area contributed by atoms with Gasteiger partial charge in [-0.05, 0) is 17.5 Å². The van der Waals surface area contributed by atoms with Crippen LogP contribution in [0, 0.1) is 0 Å². The highest BCUT2D eigenvalue weighted by molar-refractivity contribution is 9.10. The van der Waals surface area contributed by atoms with Crippen LogP contribution < -0.4 is 5.43 Å². The van der Waals surface area contributed by atoms with Crippen LogP contribution in [0.1, 0.15) is 0 Å². The first kappa shape index (κ1) is 10.4. The molecule has 3 heteroatoms. The SMILES string of the molecule is O=c1c2ccccc2cc(Br)c2ccncc12. The van der Waals surface area contributed by atoms with E-state index in [-0.39, 0.29) is 5.43 Å². The van der Waals surface area contributed by atoms with E-state index < -0.39 is 0 Å². The number of hydrogen-bond acceptors (Lipinski definition) is 2. The van der Waals surface area contributed by atoms with E-state index in [1.165, 1.54) is 0 Å². The third-order valence-electron chi connectivity index (χ3n) is 2.81. The molecule has 17 heavy (non-hydrogen) atoms. The second-order valence-corrected chi connectivity index (χ2v) is 4.68. The highest BCUT2D eigenvalue weighted by atomic mass is 79.9.